The molecule has 0 spiro atoms. The van der Waals surface area contributed by atoms with E-state index in [9.17, 15) is 9.59 Å². The molecule has 4 atom stereocenters. The number of hydrogen-bond acceptors (Lipinski definition) is 6. The second kappa shape index (κ2) is 6.87. The number of nitrogens with one attached hydrogen (secondary N) is 1. The van der Waals surface area contributed by atoms with Crippen LogP contribution < -0.4 is 5.32 Å². The van der Waals surface area contributed by atoms with Gasteiger partial charge in [0.2, 0.25) is 11.8 Å². The maximum absolute atomic E-state index is 12.4. The van der Waals surface area contributed by atoms with E-state index in [4.69, 9.17) is 14.2 Å². The van der Waals surface area contributed by atoms with Crippen LogP contribution in [0.15, 0.2) is 12.2 Å². The van der Waals surface area contributed by atoms with Crippen LogP contribution in [0, 0.1) is 11.8 Å². The molecular formula is C15H22N2O5. The van der Waals surface area contributed by atoms with Crippen molar-refractivity contribution in [3.05, 3.63) is 12.2 Å². The van der Waals surface area contributed by atoms with Gasteiger partial charge in [-0.05, 0) is 0 Å². The lowest BCUT2D eigenvalue weighted by atomic mass is 9.85. The van der Waals surface area contributed by atoms with Gasteiger partial charge >= 0.3 is 0 Å². The molecule has 2 amide bonds. The van der Waals surface area contributed by atoms with E-state index in [0.717, 1.165) is 0 Å². The summed E-state index contributed by atoms with van der Waals surface area (Å²) in [6, 6.07) is 0.0399. The van der Waals surface area contributed by atoms with Gasteiger partial charge in [-0.15, -0.1) is 0 Å². The summed E-state index contributed by atoms with van der Waals surface area (Å²) in [6.07, 6.45) is 3.99. The van der Waals surface area contributed by atoms with E-state index in [2.05, 4.69) is 5.32 Å². The number of methoxy groups -OCH3 is 1. The lowest BCUT2D eigenvalue weighted by Gasteiger charge is -2.17. The number of imide groups is 1. The van der Waals surface area contributed by atoms with Crippen molar-refractivity contribution in [3.63, 3.8) is 0 Å². The first-order valence-electron chi connectivity index (χ1n) is 7.68. The molecule has 0 saturated carbocycles. The van der Waals surface area contributed by atoms with Gasteiger partial charge < -0.3 is 19.5 Å². The topological polar surface area (TPSA) is 77.1 Å². The summed E-state index contributed by atoms with van der Waals surface area (Å²) in [7, 11) is 1.62. The highest BCUT2D eigenvalue weighted by Gasteiger charge is 2.59. The van der Waals surface area contributed by atoms with Gasteiger partial charge in [0, 0.05) is 19.2 Å². The largest absolute Gasteiger partial charge is 0.382 e. The van der Waals surface area contributed by atoms with Crippen LogP contribution in [0.2, 0.25) is 0 Å². The third-order valence-electron chi connectivity index (χ3n) is 4.44. The number of nitrogens with zero attached hydrogens (tertiary/aromatic N) is 1. The summed E-state index contributed by atoms with van der Waals surface area (Å²) < 4.78 is 15.6. The standard InChI is InChI=1S/C15H22N2O5/c1-20-6-7-22-9-8-21-5-4-17-14(18)12-10-2-3-11(16-10)13(12)15(17)19/h2-3,10-13,16H,4-9H2,1H3. The summed E-state index contributed by atoms with van der Waals surface area (Å²) in [6.45, 7) is 2.69. The maximum atomic E-state index is 12.4. The van der Waals surface area contributed by atoms with Crippen molar-refractivity contribution in [1.29, 1.82) is 0 Å². The molecule has 2 bridgehead atoms. The number of ether oxygens (including phenoxy) is 3. The minimum absolute atomic E-state index is 0.0200. The van der Waals surface area contributed by atoms with E-state index in [1.54, 1.807) is 7.11 Å². The number of rotatable bonds is 9. The number of hydrogen-bond donors (Lipinski definition) is 1. The third-order valence-corrected chi connectivity index (χ3v) is 4.44. The van der Waals surface area contributed by atoms with Crippen molar-refractivity contribution in [3.8, 4) is 0 Å². The molecule has 22 heavy (non-hydrogen) atoms. The smallest absolute Gasteiger partial charge is 0.235 e. The number of amides is 2. The molecule has 122 valence electrons. The first-order chi connectivity index (χ1) is 10.7. The van der Waals surface area contributed by atoms with Gasteiger partial charge in [0.15, 0.2) is 0 Å². The molecule has 0 aromatic carbocycles. The van der Waals surface area contributed by atoms with Crippen molar-refractivity contribution in [2.45, 2.75) is 12.1 Å². The van der Waals surface area contributed by atoms with Crippen molar-refractivity contribution in [2.24, 2.45) is 11.8 Å². The zero-order valence-corrected chi connectivity index (χ0v) is 12.7. The molecule has 0 aromatic rings. The summed E-state index contributed by atoms with van der Waals surface area (Å²) in [4.78, 5) is 26.1. The second-order valence-electron chi connectivity index (χ2n) is 5.70. The highest BCUT2D eigenvalue weighted by molar-refractivity contribution is 6.07. The molecule has 2 saturated heterocycles. The first-order valence-corrected chi connectivity index (χ1v) is 7.68. The molecule has 0 radical (unpaired) electrons. The van der Waals surface area contributed by atoms with Crippen LogP contribution in [0.25, 0.3) is 0 Å². The van der Waals surface area contributed by atoms with Gasteiger partial charge in [0.05, 0.1) is 51.4 Å². The van der Waals surface area contributed by atoms with Gasteiger partial charge in [-0.25, -0.2) is 0 Å². The average molecular weight is 310 g/mol. The average Bonchev–Trinajstić information content (AvgIpc) is 3.18. The van der Waals surface area contributed by atoms with Crippen molar-refractivity contribution in [1.82, 2.24) is 10.2 Å². The summed E-state index contributed by atoms with van der Waals surface area (Å²) >= 11 is 0. The quantitative estimate of drug-likeness (QED) is 0.341. The summed E-state index contributed by atoms with van der Waals surface area (Å²) in [5.74, 6) is -0.585. The number of fused-ring (bicyclic) bond motifs is 5. The molecule has 3 heterocycles. The van der Waals surface area contributed by atoms with E-state index in [0.29, 0.717) is 39.6 Å². The predicted molar refractivity (Wildman–Crippen MR) is 77.1 cm³/mol. The molecular weight excluding hydrogens is 288 g/mol. The fourth-order valence-electron chi connectivity index (χ4n) is 3.39. The molecule has 2 fully saturated rings. The number of carbonyl (C=O) groups excluding carboxylic acids is 2. The Bertz CT molecular complexity index is 437. The monoisotopic (exact) mass is 310 g/mol. The highest BCUT2D eigenvalue weighted by atomic mass is 16.5. The molecule has 3 aliphatic heterocycles. The van der Waals surface area contributed by atoms with Crippen LogP contribution in [0.4, 0.5) is 0 Å². The molecule has 3 aliphatic rings. The minimum atomic E-state index is -0.222. The molecule has 1 N–H and O–H groups in total. The lowest BCUT2D eigenvalue weighted by molar-refractivity contribution is -0.141. The summed E-state index contributed by atoms with van der Waals surface area (Å²) in [5.41, 5.74) is 0. The van der Waals surface area contributed by atoms with Crippen LogP contribution in [0.5, 0.6) is 0 Å². The predicted octanol–water partition coefficient (Wildman–Crippen LogP) is -0.823. The van der Waals surface area contributed by atoms with Crippen LogP contribution in [-0.4, -0.2) is 75.5 Å². The molecule has 0 aliphatic carbocycles. The third kappa shape index (κ3) is 2.81. The lowest BCUT2D eigenvalue weighted by Crippen LogP contribution is -2.40. The van der Waals surface area contributed by atoms with E-state index in [-0.39, 0.29) is 35.7 Å². The number of likely N-dealkylation sites (tertiary alicyclic amines) is 1. The van der Waals surface area contributed by atoms with Gasteiger partial charge in [0.25, 0.3) is 0 Å². The minimum Gasteiger partial charge on any atom is -0.382 e. The summed E-state index contributed by atoms with van der Waals surface area (Å²) in [5, 5.41) is 3.27. The van der Waals surface area contributed by atoms with Crippen LogP contribution in [0.3, 0.4) is 0 Å². The SMILES string of the molecule is COCCOCCOCCN1C(=O)C2C3C=CC(N3)C2C1=O. The first kappa shape index (κ1) is 15.6. The Kier molecular flexibility index (Phi) is 4.87. The number of carbonyl (C=O) groups is 2. The maximum Gasteiger partial charge on any atom is 0.235 e. The fraction of sp³-hybridized carbons (Fsp3) is 0.733. The van der Waals surface area contributed by atoms with Gasteiger partial charge in [-0.2, -0.15) is 0 Å². The normalized spacial score (nSPS) is 32.3. The molecule has 4 unspecified atom stereocenters. The molecule has 0 aromatic heterocycles. The fourth-order valence-corrected chi connectivity index (χ4v) is 3.39. The zero-order chi connectivity index (χ0) is 15.5. The Balaban J connectivity index is 1.37. The Morgan fingerprint density at radius 2 is 1.50 bits per heavy atom. The van der Waals surface area contributed by atoms with Crippen molar-refractivity contribution in [2.75, 3.05) is 46.7 Å². The van der Waals surface area contributed by atoms with E-state index in [1.807, 2.05) is 12.2 Å². The van der Waals surface area contributed by atoms with Crippen LogP contribution in [-0.2, 0) is 23.8 Å². The van der Waals surface area contributed by atoms with E-state index >= 15 is 0 Å². The Hall–Kier alpha value is -1.28. The molecule has 7 nitrogen and oxygen atoms in total. The van der Waals surface area contributed by atoms with E-state index < -0.39 is 0 Å². The Morgan fingerprint density at radius 1 is 0.955 bits per heavy atom. The van der Waals surface area contributed by atoms with Crippen LogP contribution in [0.1, 0.15) is 0 Å². The van der Waals surface area contributed by atoms with Gasteiger partial charge in [-0.3, -0.25) is 14.5 Å². The van der Waals surface area contributed by atoms with Gasteiger partial charge in [-0.1, -0.05) is 12.2 Å². The van der Waals surface area contributed by atoms with E-state index in [1.165, 1.54) is 4.90 Å². The highest BCUT2D eigenvalue weighted by Crippen LogP contribution is 2.40. The van der Waals surface area contributed by atoms with Gasteiger partial charge in [0.1, 0.15) is 0 Å². The van der Waals surface area contributed by atoms with Crippen LogP contribution >= 0.6 is 0 Å². The molecule has 3 rings (SSSR count). The Morgan fingerprint density at radius 3 is 2.09 bits per heavy atom. The Labute approximate surface area is 129 Å². The molecule has 7 heteroatoms. The second-order valence-corrected chi connectivity index (χ2v) is 5.70. The van der Waals surface area contributed by atoms with Crippen molar-refractivity contribution < 1.29 is 23.8 Å². The van der Waals surface area contributed by atoms with Crippen molar-refractivity contribution >= 4 is 11.8 Å². The zero-order valence-electron chi connectivity index (χ0n) is 12.7.